The van der Waals surface area contributed by atoms with Crippen molar-refractivity contribution in [2.24, 2.45) is 0 Å². The molecule has 3 aromatic rings. The third kappa shape index (κ3) is 3.54. The van der Waals surface area contributed by atoms with Crippen LogP contribution in [0.3, 0.4) is 0 Å². The van der Waals surface area contributed by atoms with Crippen LogP contribution >= 0.6 is 0 Å². The van der Waals surface area contributed by atoms with Crippen molar-refractivity contribution in [3.05, 3.63) is 78.1 Å². The maximum Gasteiger partial charge on any atom is 0.118 e. The van der Waals surface area contributed by atoms with Crippen molar-refractivity contribution in [2.75, 3.05) is 7.11 Å². The summed E-state index contributed by atoms with van der Waals surface area (Å²) in [5, 5.41) is 7.67. The number of benzene rings is 2. The molecule has 4 heteroatoms. The fraction of sp³-hybridized carbons (Fsp3) is 0.167. The molecule has 0 radical (unpaired) electrons. The highest BCUT2D eigenvalue weighted by Gasteiger charge is 1.98. The van der Waals surface area contributed by atoms with Gasteiger partial charge >= 0.3 is 0 Å². The zero-order valence-electron chi connectivity index (χ0n) is 12.6. The van der Waals surface area contributed by atoms with Crippen molar-refractivity contribution >= 4 is 0 Å². The molecule has 112 valence electrons. The van der Waals surface area contributed by atoms with Gasteiger partial charge in [-0.2, -0.15) is 5.10 Å². The number of hydrogen-bond donors (Lipinski definition) is 1. The number of nitrogens with one attached hydrogen (secondary N) is 1. The normalized spacial score (nSPS) is 10.6. The molecule has 1 aromatic heterocycles. The van der Waals surface area contributed by atoms with Gasteiger partial charge in [0, 0.05) is 25.5 Å². The highest BCUT2D eigenvalue weighted by atomic mass is 16.5. The molecule has 0 amide bonds. The average molecular weight is 293 g/mol. The highest BCUT2D eigenvalue weighted by Crippen LogP contribution is 2.12. The lowest BCUT2D eigenvalue weighted by Crippen LogP contribution is -2.12. The molecule has 0 aliphatic rings. The van der Waals surface area contributed by atoms with E-state index in [4.69, 9.17) is 4.74 Å². The second-order valence-corrected chi connectivity index (χ2v) is 5.07. The Labute approximate surface area is 130 Å². The van der Waals surface area contributed by atoms with Crippen LogP contribution in [0.15, 0.2) is 67.0 Å². The first-order valence-electron chi connectivity index (χ1n) is 7.28. The molecule has 0 aliphatic carbocycles. The monoisotopic (exact) mass is 293 g/mol. The van der Waals surface area contributed by atoms with E-state index < -0.39 is 0 Å². The van der Waals surface area contributed by atoms with Crippen LogP contribution in [0.4, 0.5) is 0 Å². The SMILES string of the molecule is COc1ccc(CNCc2ccc(-n3cccn3)cc2)cc1. The number of nitrogens with zero attached hydrogens (tertiary/aromatic N) is 2. The van der Waals surface area contributed by atoms with Gasteiger partial charge in [0.15, 0.2) is 0 Å². The van der Waals surface area contributed by atoms with Gasteiger partial charge in [-0.1, -0.05) is 24.3 Å². The van der Waals surface area contributed by atoms with Crippen LogP contribution in [0.5, 0.6) is 5.75 Å². The van der Waals surface area contributed by atoms with Crippen molar-refractivity contribution in [1.82, 2.24) is 15.1 Å². The van der Waals surface area contributed by atoms with Crippen LogP contribution in [0, 0.1) is 0 Å². The summed E-state index contributed by atoms with van der Waals surface area (Å²) in [5.74, 6) is 0.887. The smallest absolute Gasteiger partial charge is 0.118 e. The van der Waals surface area contributed by atoms with Crippen molar-refractivity contribution in [2.45, 2.75) is 13.1 Å². The van der Waals surface area contributed by atoms with Gasteiger partial charge in [-0.05, 0) is 41.5 Å². The molecule has 0 unspecified atom stereocenters. The fourth-order valence-electron chi connectivity index (χ4n) is 2.28. The second-order valence-electron chi connectivity index (χ2n) is 5.07. The minimum Gasteiger partial charge on any atom is -0.497 e. The summed E-state index contributed by atoms with van der Waals surface area (Å²) in [7, 11) is 1.68. The van der Waals surface area contributed by atoms with Gasteiger partial charge in [-0.25, -0.2) is 4.68 Å². The third-order valence-electron chi connectivity index (χ3n) is 3.52. The number of aromatic nitrogens is 2. The summed E-state index contributed by atoms with van der Waals surface area (Å²) in [5.41, 5.74) is 3.57. The lowest BCUT2D eigenvalue weighted by Gasteiger charge is -2.07. The van der Waals surface area contributed by atoms with Crippen LogP contribution < -0.4 is 10.1 Å². The molecule has 0 bridgehead atoms. The quantitative estimate of drug-likeness (QED) is 0.758. The van der Waals surface area contributed by atoms with Crippen LogP contribution in [-0.2, 0) is 13.1 Å². The van der Waals surface area contributed by atoms with Crippen molar-refractivity contribution in [3.8, 4) is 11.4 Å². The van der Waals surface area contributed by atoms with Crippen LogP contribution in [0.1, 0.15) is 11.1 Å². The first kappa shape index (κ1) is 14.4. The van der Waals surface area contributed by atoms with E-state index in [1.54, 1.807) is 13.3 Å². The fourth-order valence-corrected chi connectivity index (χ4v) is 2.28. The van der Waals surface area contributed by atoms with Gasteiger partial charge in [-0.3, -0.25) is 0 Å². The predicted molar refractivity (Wildman–Crippen MR) is 87.1 cm³/mol. The largest absolute Gasteiger partial charge is 0.497 e. The summed E-state index contributed by atoms with van der Waals surface area (Å²) in [6.45, 7) is 1.68. The zero-order valence-corrected chi connectivity index (χ0v) is 12.6. The van der Waals surface area contributed by atoms with Crippen LogP contribution in [-0.4, -0.2) is 16.9 Å². The Morgan fingerprint density at radius 3 is 2.14 bits per heavy atom. The highest BCUT2D eigenvalue weighted by molar-refractivity contribution is 5.33. The van der Waals surface area contributed by atoms with E-state index in [1.165, 1.54) is 11.1 Å². The van der Waals surface area contributed by atoms with E-state index in [2.05, 4.69) is 46.8 Å². The summed E-state index contributed by atoms with van der Waals surface area (Å²) in [4.78, 5) is 0. The van der Waals surface area contributed by atoms with Gasteiger partial charge in [0.1, 0.15) is 5.75 Å². The Balaban J connectivity index is 1.53. The summed E-state index contributed by atoms with van der Waals surface area (Å²) >= 11 is 0. The number of methoxy groups -OCH3 is 1. The number of hydrogen-bond acceptors (Lipinski definition) is 3. The van der Waals surface area contributed by atoms with Crippen molar-refractivity contribution < 1.29 is 4.74 Å². The summed E-state index contributed by atoms with van der Waals surface area (Å²) in [6.07, 6.45) is 3.72. The summed E-state index contributed by atoms with van der Waals surface area (Å²) in [6, 6.07) is 18.4. The number of rotatable bonds is 6. The molecule has 0 spiro atoms. The van der Waals surface area contributed by atoms with Crippen molar-refractivity contribution in [1.29, 1.82) is 0 Å². The molecule has 0 saturated carbocycles. The molecule has 3 rings (SSSR count). The van der Waals surface area contributed by atoms with Crippen LogP contribution in [0.2, 0.25) is 0 Å². The zero-order chi connectivity index (χ0) is 15.2. The molecule has 0 atom stereocenters. The Kier molecular flexibility index (Phi) is 4.51. The minimum absolute atomic E-state index is 0.838. The third-order valence-corrected chi connectivity index (χ3v) is 3.52. The number of ether oxygens (including phenoxy) is 1. The van der Waals surface area contributed by atoms with Gasteiger partial charge in [0.05, 0.1) is 12.8 Å². The Bertz CT molecular complexity index is 688. The van der Waals surface area contributed by atoms with Crippen molar-refractivity contribution in [3.63, 3.8) is 0 Å². The first-order chi connectivity index (χ1) is 10.8. The second kappa shape index (κ2) is 6.91. The molecule has 4 nitrogen and oxygen atoms in total. The lowest BCUT2D eigenvalue weighted by molar-refractivity contribution is 0.414. The minimum atomic E-state index is 0.838. The van der Waals surface area contributed by atoms with E-state index in [0.717, 1.165) is 24.5 Å². The van der Waals surface area contributed by atoms with Gasteiger partial charge in [-0.15, -0.1) is 0 Å². The molecular formula is C18H19N3O. The first-order valence-corrected chi connectivity index (χ1v) is 7.28. The maximum atomic E-state index is 5.16. The topological polar surface area (TPSA) is 39.1 Å². The molecule has 2 aromatic carbocycles. The van der Waals surface area contributed by atoms with E-state index in [1.807, 2.05) is 29.1 Å². The van der Waals surface area contributed by atoms with Gasteiger partial charge in [0.2, 0.25) is 0 Å². The standard InChI is InChI=1S/C18H19N3O/c1-22-18-9-5-16(6-10-18)14-19-13-15-3-7-17(8-4-15)21-12-2-11-20-21/h2-12,19H,13-14H2,1H3. The molecule has 22 heavy (non-hydrogen) atoms. The van der Waals surface area contributed by atoms with Crippen LogP contribution in [0.25, 0.3) is 5.69 Å². The maximum absolute atomic E-state index is 5.16. The Morgan fingerprint density at radius 1 is 0.955 bits per heavy atom. The Hall–Kier alpha value is -2.59. The van der Waals surface area contributed by atoms with E-state index in [9.17, 15) is 0 Å². The average Bonchev–Trinajstić information content (AvgIpc) is 3.11. The van der Waals surface area contributed by atoms with E-state index in [-0.39, 0.29) is 0 Å². The molecular weight excluding hydrogens is 274 g/mol. The lowest BCUT2D eigenvalue weighted by atomic mass is 10.2. The van der Waals surface area contributed by atoms with E-state index in [0.29, 0.717) is 0 Å². The van der Waals surface area contributed by atoms with Gasteiger partial charge in [0.25, 0.3) is 0 Å². The van der Waals surface area contributed by atoms with Gasteiger partial charge < -0.3 is 10.1 Å². The molecule has 0 fully saturated rings. The molecule has 1 N–H and O–H groups in total. The van der Waals surface area contributed by atoms with E-state index >= 15 is 0 Å². The molecule has 0 saturated heterocycles. The predicted octanol–water partition coefficient (Wildman–Crippen LogP) is 3.17. The molecule has 1 heterocycles. The Morgan fingerprint density at radius 2 is 1.59 bits per heavy atom. The summed E-state index contributed by atoms with van der Waals surface area (Å²) < 4.78 is 7.01. The molecule has 0 aliphatic heterocycles.